The van der Waals surface area contributed by atoms with Crippen molar-refractivity contribution < 1.29 is 14.3 Å². The summed E-state index contributed by atoms with van der Waals surface area (Å²) in [4.78, 5) is 11.5. The number of hydrogen-bond acceptors (Lipinski definition) is 5. The molecule has 15 heavy (non-hydrogen) atoms. The second kappa shape index (κ2) is 9.64. The number of ether oxygens (including phenoxy) is 2. The summed E-state index contributed by atoms with van der Waals surface area (Å²) >= 11 is 0. The van der Waals surface area contributed by atoms with Crippen LogP contribution in [0.3, 0.4) is 0 Å². The fourth-order valence-corrected chi connectivity index (χ4v) is 0.901. The minimum absolute atomic E-state index is 0.205. The number of nitrogens with two attached hydrogens (primary N) is 1. The molecule has 0 bridgehead atoms. The van der Waals surface area contributed by atoms with Crippen molar-refractivity contribution in [3.63, 3.8) is 0 Å². The maximum atomic E-state index is 11.5. The highest BCUT2D eigenvalue weighted by Gasteiger charge is 2.15. The van der Waals surface area contributed by atoms with Gasteiger partial charge in [0.2, 0.25) is 12.1 Å². The molecule has 88 valence electrons. The molecule has 0 fully saturated rings. The SMILES string of the molecule is CCOC(OCC)C(=O)/C=C\NCCN. The second-order valence-electron chi connectivity index (χ2n) is 2.72. The summed E-state index contributed by atoms with van der Waals surface area (Å²) in [5, 5.41) is 2.87. The van der Waals surface area contributed by atoms with E-state index in [1.54, 1.807) is 6.20 Å². The second-order valence-corrected chi connectivity index (χ2v) is 2.72. The van der Waals surface area contributed by atoms with Crippen molar-refractivity contribution in [2.24, 2.45) is 5.73 Å². The Morgan fingerprint density at radius 1 is 1.40 bits per heavy atom. The summed E-state index contributed by atoms with van der Waals surface area (Å²) in [5.41, 5.74) is 5.27. The smallest absolute Gasteiger partial charge is 0.222 e. The normalized spacial score (nSPS) is 11.2. The van der Waals surface area contributed by atoms with Gasteiger partial charge in [-0.25, -0.2) is 0 Å². The molecule has 0 aliphatic rings. The zero-order valence-electron chi connectivity index (χ0n) is 9.36. The molecule has 0 amide bonds. The van der Waals surface area contributed by atoms with Crippen LogP contribution in [0.5, 0.6) is 0 Å². The Morgan fingerprint density at radius 2 is 2.00 bits per heavy atom. The lowest BCUT2D eigenvalue weighted by Crippen LogP contribution is -2.26. The van der Waals surface area contributed by atoms with Gasteiger partial charge in [-0.15, -0.1) is 0 Å². The topological polar surface area (TPSA) is 73.6 Å². The molecule has 0 aliphatic carbocycles. The van der Waals surface area contributed by atoms with Gasteiger partial charge in [-0.05, 0) is 13.8 Å². The third-order valence-electron chi connectivity index (χ3n) is 1.52. The van der Waals surface area contributed by atoms with E-state index in [9.17, 15) is 4.79 Å². The molecule has 0 aliphatic heterocycles. The Hall–Kier alpha value is -0.910. The Morgan fingerprint density at radius 3 is 2.47 bits per heavy atom. The van der Waals surface area contributed by atoms with E-state index in [0.717, 1.165) is 0 Å². The van der Waals surface area contributed by atoms with Crippen molar-refractivity contribution in [2.45, 2.75) is 20.1 Å². The van der Waals surface area contributed by atoms with Gasteiger partial charge in [0.25, 0.3) is 0 Å². The number of carbonyl (C=O) groups is 1. The molecule has 0 saturated carbocycles. The summed E-state index contributed by atoms with van der Waals surface area (Å²) in [6.07, 6.45) is 2.15. The first-order chi connectivity index (χ1) is 7.26. The minimum atomic E-state index is -0.795. The quantitative estimate of drug-likeness (QED) is 0.323. The van der Waals surface area contributed by atoms with Crippen molar-refractivity contribution in [3.8, 4) is 0 Å². The van der Waals surface area contributed by atoms with E-state index in [-0.39, 0.29) is 5.78 Å². The van der Waals surface area contributed by atoms with Gasteiger partial charge in [-0.1, -0.05) is 0 Å². The van der Waals surface area contributed by atoms with Crippen molar-refractivity contribution in [1.29, 1.82) is 0 Å². The molecular formula is C10H20N2O3. The average Bonchev–Trinajstić information content (AvgIpc) is 2.24. The van der Waals surface area contributed by atoms with Crippen molar-refractivity contribution >= 4 is 5.78 Å². The fraction of sp³-hybridized carbons (Fsp3) is 0.700. The summed E-state index contributed by atoms with van der Waals surface area (Å²) in [6, 6.07) is 0. The monoisotopic (exact) mass is 216 g/mol. The lowest BCUT2D eigenvalue weighted by atomic mass is 10.3. The molecule has 0 radical (unpaired) electrons. The minimum Gasteiger partial charge on any atom is -0.390 e. The van der Waals surface area contributed by atoms with Crippen LogP contribution >= 0.6 is 0 Å². The number of carbonyl (C=O) groups excluding carboxylic acids is 1. The lowest BCUT2D eigenvalue weighted by molar-refractivity contribution is -0.162. The molecule has 0 atom stereocenters. The molecule has 5 nitrogen and oxygen atoms in total. The molecule has 0 rings (SSSR count). The molecule has 3 N–H and O–H groups in total. The maximum Gasteiger partial charge on any atom is 0.222 e. The highest BCUT2D eigenvalue weighted by Crippen LogP contribution is 1.97. The van der Waals surface area contributed by atoms with Gasteiger partial charge in [0.1, 0.15) is 0 Å². The summed E-state index contributed by atoms with van der Waals surface area (Å²) < 4.78 is 10.3. The van der Waals surface area contributed by atoms with Crippen molar-refractivity contribution in [2.75, 3.05) is 26.3 Å². The van der Waals surface area contributed by atoms with Crippen LogP contribution in [-0.2, 0) is 14.3 Å². The van der Waals surface area contributed by atoms with E-state index in [2.05, 4.69) is 5.32 Å². The Bertz CT molecular complexity index is 189. The maximum absolute atomic E-state index is 11.5. The van der Waals surface area contributed by atoms with Crippen LogP contribution in [0.15, 0.2) is 12.3 Å². The van der Waals surface area contributed by atoms with Gasteiger partial charge >= 0.3 is 0 Å². The molecule has 0 unspecified atom stereocenters. The van der Waals surface area contributed by atoms with Gasteiger partial charge < -0.3 is 20.5 Å². The molecule has 0 aromatic rings. The third kappa shape index (κ3) is 7.07. The first kappa shape index (κ1) is 14.1. The molecule has 0 saturated heterocycles. The van der Waals surface area contributed by atoms with Crippen LogP contribution in [0, 0.1) is 0 Å². The Labute approximate surface area is 90.6 Å². The summed E-state index contributed by atoms with van der Waals surface area (Å²) in [6.45, 7) is 5.68. The molecule has 0 aromatic heterocycles. The standard InChI is InChI=1S/C10H20N2O3/c1-3-14-10(15-4-2)9(13)5-7-12-8-6-11/h5,7,10,12H,3-4,6,8,11H2,1-2H3/b7-5-. The van der Waals surface area contributed by atoms with Crippen LogP contribution in [-0.4, -0.2) is 38.4 Å². The van der Waals surface area contributed by atoms with Gasteiger partial charge in [-0.3, -0.25) is 4.79 Å². The fourth-order valence-electron chi connectivity index (χ4n) is 0.901. The third-order valence-corrected chi connectivity index (χ3v) is 1.52. The zero-order valence-corrected chi connectivity index (χ0v) is 9.36. The van der Waals surface area contributed by atoms with E-state index in [4.69, 9.17) is 15.2 Å². The highest BCUT2D eigenvalue weighted by molar-refractivity contribution is 5.92. The molecular weight excluding hydrogens is 196 g/mol. The average molecular weight is 216 g/mol. The van der Waals surface area contributed by atoms with E-state index in [1.165, 1.54) is 6.08 Å². The Kier molecular flexibility index (Phi) is 9.05. The largest absolute Gasteiger partial charge is 0.390 e. The Balaban J connectivity index is 3.95. The zero-order chi connectivity index (χ0) is 11.5. The predicted octanol–water partition coefficient (Wildman–Crippen LogP) is 0.0166. The van der Waals surface area contributed by atoms with Gasteiger partial charge in [0, 0.05) is 38.6 Å². The molecule has 0 heterocycles. The number of rotatable bonds is 9. The van der Waals surface area contributed by atoms with Crippen LogP contribution in [0.25, 0.3) is 0 Å². The summed E-state index contributed by atoms with van der Waals surface area (Å²) in [5.74, 6) is -0.205. The van der Waals surface area contributed by atoms with E-state index >= 15 is 0 Å². The summed E-state index contributed by atoms with van der Waals surface area (Å²) in [7, 11) is 0. The number of hydrogen-bond donors (Lipinski definition) is 2. The van der Waals surface area contributed by atoms with E-state index < -0.39 is 6.29 Å². The van der Waals surface area contributed by atoms with Gasteiger partial charge in [-0.2, -0.15) is 0 Å². The highest BCUT2D eigenvalue weighted by atomic mass is 16.7. The molecule has 0 aromatic carbocycles. The van der Waals surface area contributed by atoms with Gasteiger partial charge in [0.15, 0.2) is 0 Å². The van der Waals surface area contributed by atoms with Crippen LogP contribution < -0.4 is 11.1 Å². The first-order valence-corrected chi connectivity index (χ1v) is 5.13. The van der Waals surface area contributed by atoms with Crippen LogP contribution in [0.2, 0.25) is 0 Å². The first-order valence-electron chi connectivity index (χ1n) is 5.13. The lowest BCUT2D eigenvalue weighted by Gasteiger charge is -2.13. The number of nitrogens with one attached hydrogen (secondary N) is 1. The van der Waals surface area contributed by atoms with Crippen molar-refractivity contribution in [3.05, 3.63) is 12.3 Å². The van der Waals surface area contributed by atoms with Gasteiger partial charge in [0.05, 0.1) is 0 Å². The predicted molar refractivity (Wildman–Crippen MR) is 58.2 cm³/mol. The van der Waals surface area contributed by atoms with E-state index in [0.29, 0.717) is 26.3 Å². The molecule has 0 spiro atoms. The van der Waals surface area contributed by atoms with Crippen LogP contribution in [0.1, 0.15) is 13.8 Å². The molecule has 5 heteroatoms. The van der Waals surface area contributed by atoms with Crippen molar-refractivity contribution in [1.82, 2.24) is 5.32 Å². The van der Waals surface area contributed by atoms with E-state index in [1.807, 2.05) is 13.8 Å². The number of ketones is 1. The van der Waals surface area contributed by atoms with Crippen LogP contribution in [0.4, 0.5) is 0 Å².